The van der Waals surface area contributed by atoms with Crippen molar-refractivity contribution in [2.24, 2.45) is 33.0 Å². The van der Waals surface area contributed by atoms with Crippen molar-refractivity contribution in [2.45, 2.75) is 163 Å². The fourth-order valence-electron chi connectivity index (χ4n) is 11.1. The van der Waals surface area contributed by atoms with Crippen LogP contribution in [0.2, 0.25) is 0 Å². The van der Waals surface area contributed by atoms with Crippen LogP contribution in [0.5, 0.6) is 0 Å². The molecule has 3 saturated carbocycles. The molecule has 3 aliphatic carbocycles. The molecular formula is C45H75N7O6. The summed E-state index contributed by atoms with van der Waals surface area (Å²) in [6, 6.07) is -2.76. The summed E-state index contributed by atoms with van der Waals surface area (Å²) in [5, 5.41) is 11.3. The first-order chi connectivity index (χ1) is 27.1. The van der Waals surface area contributed by atoms with Gasteiger partial charge in [0.05, 0.1) is 6.04 Å². The molecule has 7 atom stereocenters. The highest BCUT2D eigenvalue weighted by molar-refractivity contribution is 5.99. The lowest BCUT2D eigenvalue weighted by molar-refractivity contribution is -0.145. The van der Waals surface area contributed by atoms with Crippen molar-refractivity contribution in [3.05, 3.63) is 25.8 Å². The molecule has 0 radical (unpaired) electrons. The zero-order valence-electron chi connectivity index (χ0n) is 37.4. The molecule has 58 heavy (non-hydrogen) atoms. The zero-order chi connectivity index (χ0) is 43.8. The van der Waals surface area contributed by atoms with Crippen LogP contribution in [0.25, 0.3) is 0 Å². The van der Waals surface area contributed by atoms with Crippen molar-refractivity contribution < 1.29 is 28.8 Å². The molecule has 4 N–H and O–H groups in total. The van der Waals surface area contributed by atoms with Crippen molar-refractivity contribution in [1.82, 2.24) is 36.2 Å². The van der Waals surface area contributed by atoms with Crippen molar-refractivity contribution >= 4 is 36.3 Å². The number of carbonyl (C=O) groups excluding carboxylic acids is 6. The molecule has 0 aromatic rings. The molecule has 0 bridgehead atoms. The van der Waals surface area contributed by atoms with Crippen LogP contribution in [0, 0.1) is 33.0 Å². The Morgan fingerprint density at radius 2 is 1.34 bits per heavy atom. The standard InChI is InChI=1S/C42H69N7O5.C2H4.CH2O/c1-12-27-23-42(27,36(54)46-47-20-13-14-21-47)45-33(51)29-24-41(39(10,11)40(41)18-16-19-40)25-49(29)35(53)31(38(7,8)9)44-34(52)30(37(4,5)6)43-32(50)28-17-15-22-48(28)26(2)3;2*1-2/h12,26-31H,1,13-25H2,2-11H3,(H,43,50)(H,44,52)(H,45,51)(H,46,54);1-2H2;1H2/t27-,28+,29?,30?,31-,41-,42-;;/m1../s1. The number of nitrogens with zero attached hydrogens (tertiary/aromatic N) is 3. The van der Waals surface area contributed by atoms with E-state index in [1.54, 1.807) is 11.0 Å². The number of carbonyl (C=O) groups is 6. The quantitative estimate of drug-likeness (QED) is 0.222. The van der Waals surface area contributed by atoms with Gasteiger partial charge in [0.2, 0.25) is 23.6 Å². The lowest BCUT2D eigenvalue weighted by Crippen LogP contribution is -2.63. The molecule has 326 valence electrons. The summed E-state index contributed by atoms with van der Waals surface area (Å²) < 4.78 is 0. The summed E-state index contributed by atoms with van der Waals surface area (Å²) in [6.07, 6.45) is 9.65. The van der Waals surface area contributed by atoms with Crippen LogP contribution in [0.1, 0.15) is 127 Å². The second kappa shape index (κ2) is 17.2. The molecule has 3 aliphatic heterocycles. The fourth-order valence-corrected chi connectivity index (χ4v) is 11.1. The predicted octanol–water partition coefficient (Wildman–Crippen LogP) is 4.52. The lowest BCUT2D eigenvalue weighted by Gasteiger charge is -2.39. The third kappa shape index (κ3) is 8.15. The number of hydrazine groups is 1. The molecule has 6 rings (SSSR count). The van der Waals surface area contributed by atoms with Gasteiger partial charge in [-0.3, -0.25) is 34.3 Å². The Bertz CT molecular complexity index is 1570. The van der Waals surface area contributed by atoms with E-state index in [1.165, 1.54) is 0 Å². The molecular weight excluding hydrogens is 735 g/mol. The molecule has 6 fully saturated rings. The first-order valence-electron chi connectivity index (χ1n) is 21.5. The number of fused-ring (bicyclic) bond motifs is 1. The summed E-state index contributed by atoms with van der Waals surface area (Å²) in [4.78, 5) is 83.5. The Labute approximate surface area is 348 Å². The second-order valence-electron chi connectivity index (χ2n) is 20.6. The largest absolute Gasteiger partial charge is 0.342 e. The van der Waals surface area contributed by atoms with Crippen LogP contribution in [0.4, 0.5) is 0 Å². The highest BCUT2D eigenvalue weighted by Gasteiger charge is 2.85. The van der Waals surface area contributed by atoms with E-state index in [2.05, 4.69) is 73.7 Å². The topological polar surface area (TPSA) is 160 Å². The second-order valence-corrected chi connectivity index (χ2v) is 20.6. The van der Waals surface area contributed by atoms with E-state index < -0.39 is 40.4 Å². The SMILES string of the molecule is C=C.C=C[C@@H]1C[C@]1(NC(=O)C1C[C@@]2(CN1C(=O)[C@@H](NC(=O)C(NC(=O)[C@@H]1CCCN1C(C)C)C(C)(C)C)C(C)(C)C)C(C)(C)C21CCC1)C(=O)NN1CCCC1.C=O. The van der Waals surface area contributed by atoms with Gasteiger partial charge in [-0.05, 0) is 93.4 Å². The maximum absolute atomic E-state index is 15.1. The Morgan fingerprint density at radius 3 is 1.81 bits per heavy atom. The van der Waals surface area contributed by atoms with Crippen molar-refractivity contribution in [1.29, 1.82) is 0 Å². The third-order valence-electron chi connectivity index (χ3n) is 14.9. The van der Waals surface area contributed by atoms with Gasteiger partial charge in [-0.15, -0.1) is 19.7 Å². The highest BCUT2D eigenvalue weighted by Crippen LogP contribution is 2.88. The summed E-state index contributed by atoms with van der Waals surface area (Å²) in [6.45, 7) is 35.0. The first-order valence-corrected chi connectivity index (χ1v) is 21.5. The monoisotopic (exact) mass is 810 g/mol. The Morgan fingerprint density at radius 1 is 0.759 bits per heavy atom. The van der Waals surface area contributed by atoms with Gasteiger partial charge in [0.15, 0.2) is 0 Å². The van der Waals surface area contributed by atoms with E-state index >= 15 is 4.79 Å². The Kier molecular flexibility index (Phi) is 14.0. The van der Waals surface area contributed by atoms with Crippen LogP contribution in [0.15, 0.2) is 25.8 Å². The average Bonchev–Trinajstić information content (AvgIpc) is 3.55. The van der Waals surface area contributed by atoms with E-state index in [0.717, 1.165) is 64.6 Å². The van der Waals surface area contributed by atoms with Gasteiger partial charge in [-0.2, -0.15) is 0 Å². The minimum Gasteiger partial charge on any atom is -0.342 e. The molecule has 3 heterocycles. The average molecular weight is 810 g/mol. The summed E-state index contributed by atoms with van der Waals surface area (Å²) in [7, 11) is 0. The zero-order valence-corrected chi connectivity index (χ0v) is 37.4. The van der Waals surface area contributed by atoms with Crippen LogP contribution in [-0.4, -0.2) is 113 Å². The summed E-state index contributed by atoms with van der Waals surface area (Å²) >= 11 is 0. The maximum atomic E-state index is 15.1. The molecule has 2 spiro atoms. The fraction of sp³-hybridized carbons (Fsp3) is 0.778. The van der Waals surface area contributed by atoms with E-state index in [4.69, 9.17) is 4.79 Å². The van der Waals surface area contributed by atoms with E-state index in [-0.39, 0.29) is 57.9 Å². The van der Waals surface area contributed by atoms with Gasteiger partial charge in [0, 0.05) is 37.0 Å². The normalized spacial score (nSPS) is 30.5. The Hall–Kier alpha value is -3.58. The maximum Gasteiger partial charge on any atom is 0.260 e. The van der Waals surface area contributed by atoms with Crippen LogP contribution in [0.3, 0.4) is 0 Å². The highest BCUT2D eigenvalue weighted by atomic mass is 16.2. The van der Waals surface area contributed by atoms with Crippen LogP contribution in [-0.2, 0) is 28.8 Å². The molecule has 0 aromatic carbocycles. The third-order valence-corrected chi connectivity index (χ3v) is 14.9. The number of likely N-dealkylation sites (tertiary alicyclic amines) is 2. The number of amides is 5. The van der Waals surface area contributed by atoms with Gasteiger partial charge in [-0.1, -0.05) is 67.9 Å². The van der Waals surface area contributed by atoms with Crippen molar-refractivity contribution in [3.8, 4) is 0 Å². The van der Waals surface area contributed by atoms with Crippen molar-refractivity contribution in [2.75, 3.05) is 26.2 Å². The number of hydrogen-bond donors (Lipinski definition) is 4. The smallest absolute Gasteiger partial charge is 0.260 e. The van der Waals surface area contributed by atoms with Gasteiger partial charge >= 0.3 is 0 Å². The van der Waals surface area contributed by atoms with Crippen molar-refractivity contribution in [3.63, 3.8) is 0 Å². The molecule has 13 nitrogen and oxygen atoms in total. The summed E-state index contributed by atoms with van der Waals surface area (Å²) in [5.41, 5.74) is 0.334. The molecule has 2 unspecified atom stereocenters. The van der Waals surface area contributed by atoms with Gasteiger partial charge < -0.3 is 25.6 Å². The molecule has 0 aromatic heterocycles. The minimum absolute atomic E-state index is 0.0633. The molecule has 13 heteroatoms. The number of hydrogen-bond acceptors (Lipinski definition) is 8. The van der Waals surface area contributed by atoms with E-state index in [1.807, 2.05) is 53.3 Å². The summed E-state index contributed by atoms with van der Waals surface area (Å²) in [5.74, 6) is -1.67. The first kappa shape index (κ1) is 47.1. The van der Waals surface area contributed by atoms with Crippen LogP contribution >= 0.6 is 0 Å². The Balaban J connectivity index is 0.00000180. The molecule has 3 saturated heterocycles. The van der Waals surface area contributed by atoms with E-state index in [0.29, 0.717) is 19.4 Å². The van der Waals surface area contributed by atoms with Gasteiger partial charge in [0.25, 0.3) is 5.91 Å². The van der Waals surface area contributed by atoms with Gasteiger partial charge in [0.1, 0.15) is 30.5 Å². The van der Waals surface area contributed by atoms with Gasteiger partial charge in [-0.25, -0.2) is 5.01 Å². The number of nitrogens with one attached hydrogen (secondary N) is 4. The van der Waals surface area contributed by atoms with Crippen LogP contribution < -0.4 is 21.4 Å². The predicted molar refractivity (Wildman–Crippen MR) is 227 cm³/mol. The molecule has 6 aliphatic rings. The molecule has 5 amide bonds. The number of rotatable bonds is 11. The lowest BCUT2D eigenvalue weighted by atomic mass is 9.73. The van der Waals surface area contributed by atoms with E-state index in [9.17, 15) is 19.2 Å². The minimum atomic E-state index is -1.11.